The van der Waals surface area contributed by atoms with Gasteiger partial charge in [-0.2, -0.15) is 11.8 Å². The number of carbonyl (C=O) groups excluding carboxylic acids is 1. The van der Waals surface area contributed by atoms with Crippen LogP contribution in [0.4, 0.5) is 0 Å². The van der Waals surface area contributed by atoms with Gasteiger partial charge in [0.25, 0.3) is 0 Å². The molecule has 2 N–H and O–H groups in total. The quantitative estimate of drug-likeness (QED) is 0.792. The Labute approximate surface area is 103 Å². The van der Waals surface area contributed by atoms with Gasteiger partial charge in [0.1, 0.15) is 0 Å². The van der Waals surface area contributed by atoms with Gasteiger partial charge in [0, 0.05) is 17.3 Å². The van der Waals surface area contributed by atoms with Crippen molar-refractivity contribution in [3.05, 3.63) is 0 Å². The maximum absolute atomic E-state index is 11.8. The monoisotopic (exact) mass is 244 g/mol. The molecule has 16 heavy (non-hydrogen) atoms. The van der Waals surface area contributed by atoms with Crippen molar-refractivity contribution in [2.45, 2.75) is 57.4 Å². The molecule has 0 aromatic heterocycles. The predicted octanol–water partition coefficient (Wildman–Crippen LogP) is 1.77. The van der Waals surface area contributed by atoms with E-state index in [2.05, 4.69) is 10.6 Å². The van der Waals surface area contributed by atoms with E-state index in [4.69, 9.17) is 0 Å². The average molecular weight is 244 g/mol. The number of hydrogen-bond acceptors (Lipinski definition) is 3. The topological polar surface area (TPSA) is 41.1 Å². The first kappa shape index (κ1) is 13.8. The summed E-state index contributed by atoms with van der Waals surface area (Å²) in [5.74, 6) is 1.37. The van der Waals surface area contributed by atoms with Crippen molar-refractivity contribution in [2.75, 3.05) is 12.3 Å². The van der Waals surface area contributed by atoms with Gasteiger partial charge in [-0.3, -0.25) is 4.79 Å². The summed E-state index contributed by atoms with van der Waals surface area (Å²) in [7, 11) is 0. The Morgan fingerprint density at radius 3 is 2.69 bits per heavy atom. The normalized spacial score (nSPS) is 23.1. The molecule has 1 aliphatic heterocycles. The molecule has 4 heteroatoms. The van der Waals surface area contributed by atoms with Crippen LogP contribution in [0.15, 0.2) is 0 Å². The van der Waals surface area contributed by atoms with Crippen molar-refractivity contribution in [3.8, 4) is 0 Å². The molecule has 0 aromatic carbocycles. The number of thioether (sulfide) groups is 1. The second kappa shape index (κ2) is 5.92. The smallest absolute Gasteiger partial charge is 0.237 e. The highest BCUT2D eigenvalue weighted by molar-refractivity contribution is 8.00. The van der Waals surface area contributed by atoms with Crippen LogP contribution in [0.2, 0.25) is 0 Å². The van der Waals surface area contributed by atoms with Gasteiger partial charge in [0.2, 0.25) is 5.91 Å². The van der Waals surface area contributed by atoms with Crippen LogP contribution in [0, 0.1) is 0 Å². The molecule has 2 unspecified atom stereocenters. The fourth-order valence-corrected chi connectivity index (χ4v) is 2.90. The summed E-state index contributed by atoms with van der Waals surface area (Å²) in [5.41, 5.74) is -0.144. The molecule has 1 amide bonds. The van der Waals surface area contributed by atoms with Crippen LogP contribution < -0.4 is 10.6 Å². The molecular formula is C12H24N2OS. The van der Waals surface area contributed by atoms with Crippen molar-refractivity contribution in [1.82, 2.24) is 10.6 Å². The Morgan fingerprint density at radius 1 is 1.50 bits per heavy atom. The van der Waals surface area contributed by atoms with Gasteiger partial charge in [0.05, 0.1) is 6.04 Å². The maximum Gasteiger partial charge on any atom is 0.237 e. The highest BCUT2D eigenvalue weighted by atomic mass is 32.2. The minimum atomic E-state index is -0.144. The number of rotatable bonds is 4. The third-order valence-electron chi connectivity index (χ3n) is 2.57. The number of nitrogens with one attached hydrogen (secondary N) is 2. The van der Waals surface area contributed by atoms with Crippen molar-refractivity contribution in [3.63, 3.8) is 0 Å². The van der Waals surface area contributed by atoms with Crippen molar-refractivity contribution in [1.29, 1.82) is 0 Å². The van der Waals surface area contributed by atoms with E-state index in [1.165, 1.54) is 18.6 Å². The molecule has 3 nitrogen and oxygen atoms in total. The molecule has 94 valence electrons. The Kier molecular flexibility index (Phi) is 5.12. The van der Waals surface area contributed by atoms with Crippen LogP contribution >= 0.6 is 11.8 Å². The van der Waals surface area contributed by atoms with Crippen LogP contribution in [0.1, 0.15) is 40.5 Å². The molecule has 1 aliphatic rings. The summed E-state index contributed by atoms with van der Waals surface area (Å²) in [5, 5.41) is 7.00. The lowest BCUT2D eigenvalue weighted by molar-refractivity contribution is -0.124. The lowest BCUT2D eigenvalue weighted by Crippen LogP contribution is -2.50. The summed E-state index contributed by atoms with van der Waals surface area (Å²) in [6.45, 7) is 8.89. The first-order valence-corrected chi connectivity index (χ1v) is 7.10. The standard InChI is InChI=1S/C12H24N2OS/c1-9(11(15)14-12(2,3)4)13-8-10-6-5-7-16-10/h9-10,13H,5-8H2,1-4H3,(H,14,15). The largest absolute Gasteiger partial charge is 0.350 e. The van der Waals surface area contributed by atoms with Gasteiger partial charge in [-0.15, -0.1) is 0 Å². The molecule has 1 heterocycles. The van der Waals surface area contributed by atoms with Crippen LogP contribution in [0.3, 0.4) is 0 Å². The molecule has 1 saturated heterocycles. The number of amides is 1. The van der Waals surface area contributed by atoms with E-state index in [9.17, 15) is 4.79 Å². The summed E-state index contributed by atoms with van der Waals surface area (Å²) in [6.07, 6.45) is 2.60. The Morgan fingerprint density at radius 2 is 2.19 bits per heavy atom. The first-order valence-electron chi connectivity index (χ1n) is 6.05. The first-order chi connectivity index (χ1) is 7.38. The van der Waals surface area contributed by atoms with Gasteiger partial charge in [-0.25, -0.2) is 0 Å². The third kappa shape index (κ3) is 5.21. The van der Waals surface area contributed by atoms with Crippen molar-refractivity contribution < 1.29 is 4.79 Å². The van der Waals surface area contributed by atoms with Crippen LogP contribution in [-0.4, -0.2) is 35.0 Å². The summed E-state index contributed by atoms with van der Waals surface area (Å²) < 4.78 is 0. The minimum Gasteiger partial charge on any atom is -0.350 e. The highest BCUT2D eigenvalue weighted by Crippen LogP contribution is 2.25. The van der Waals surface area contributed by atoms with Crippen LogP contribution in [-0.2, 0) is 4.79 Å². The van der Waals surface area contributed by atoms with Gasteiger partial charge < -0.3 is 10.6 Å². The van der Waals surface area contributed by atoms with Crippen molar-refractivity contribution in [2.24, 2.45) is 0 Å². The molecule has 1 fully saturated rings. The molecule has 0 aromatic rings. The lowest BCUT2D eigenvalue weighted by Gasteiger charge is -2.24. The van der Waals surface area contributed by atoms with Gasteiger partial charge >= 0.3 is 0 Å². The second-order valence-corrected chi connectivity index (χ2v) is 6.91. The highest BCUT2D eigenvalue weighted by Gasteiger charge is 2.21. The summed E-state index contributed by atoms with van der Waals surface area (Å²) in [4.78, 5) is 11.8. The Hall–Kier alpha value is -0.220. The molecule has 0 aliphatic carbocycles. The SMILES string of the molecule is CC(NCC1CCCS1)C(=O)NC(C)(C)C. The zero-order valence-corrected chi connectivity index (χ0v) is 11.6. The fraction of sp³-hybridized carbons (Fsp3) is 0.917. The lowest BCUT2D eigenvalue weighted by atomic mass is 10.1. The van der Waals surface area contributed by atoms with E-state index < -0.39 is 0 Å². The molecule has 0 radical (unpaired) electrons. The molecule has 0 spiro atoms. The predicted molar refractivity (Wildman–Crippen MR) is 70.8 cm³/mol. The summed E-state index contributed by atoms with van der Waals surface area (Å²) in [6, 6.07) is -0.0968. The minimum absolute atomic E-state index is 0.0931. The average Bonchev–Trinajstić information content (AvgIpc) is 2.63. The van der Waals surface area contributed by atoms with Gasteiger partial charge in [-0.05, 0) is 46.3 Å². The summed E-state index contributed by atoms with van der Waals surface area (Å²) >= 11 is 2.02. The zero-order chi connectivity index (χ0) is 12.2. The molecule has 0 saturated carbocycles. The van der Waals surface area contributed by atoms with E-state index in [0.717, 1.165) is 6.54 Å². The Bertz CT molecular complexity index is 232. The molecule has 1 rings (SSSR count). The van der Waals surface area contributed by atoms with E-state index in [0.29, 0.717) is 5.25 Å². The fourth-order valence-electron chi connectivity index (χ4n) is 1.68. The molecule has 2 atom stereocenters. The number of carbonyl (C=O) groups is 1. The molecule has 0 bridgehead atoms. The number of hydrogen-bond donors (Lipinski definition) is 2. The van der Waals surface area contributed by atoms with E-state index in [1.54, 1.807) is 0 Å². The van der Waals surface area contributed by atoms with Gasteiger partial charge in [-0.1, -0.05) is 0 Å². The molecular weight excluding hydrogens is 220 g/mol. The van der Waals surface area contributed by atoms with Crippen molar-refractivity contribution >= 4 is 17.7 Å². The maximum atomic E-state index is 11.8. The van der Waals surface area contributed by atoms with E-state index >= 15 is 0 Å². The van der Waals surface area contributed by atoms with Crippen LogP contribution in [0.5, 0.6) is 0 Å². The Balaban J connectivity index is 2.23. The van der Waals surface area contributed by atoms with Gasteiger partial charge in [0.15, 0.2) is 0 Å². The van der Waals surface area contributed by atoms with E-state index in [-0.39, 0.29) is 17.5 Å². The van der Waals surface area contributed by atoms with E-state index in [1.807, 2.05) is 39.5 Å². The van der Waals surface area contributed by atoms with Crippen LogP contribution in [0.25, 0.3) is 0 Å². The second-order valence-electron chi connectivity index (χ2n) is 5.50. The zero-order valence-electron chi connectivity index (χ0n) is 10.8. The third-order valence-corrected chi connectivity index (χ3v) is 3.97.